The molecule has 11 rings (SSSR count). The van der Waals surface area contributed by atoms with Gasteiger partial charge in [-0.1, -0.05) is 172 Å². The molecule has 0 radical (unpaired) electrons. The molecule has 0 unspecified atom stereocenters. The van der Waals surface area contributed by atoms with Crippen molar-refractivity contribution in [2.45, 2.75) is 71.6 Å². The third-order valence-electron chi connectivity index (χ3n) is 14.7. The molecule has 0 aliphatic carbocycles. The van der Waals surface area contributed by atoms with Crippen LogP contribution in [0.5, 0.6) is 0 Å². The summed E-state index contributed by atoms with van der Waals surface area (Å²) in [5, 5.41) is 9.44. The first-order chi connectivity index (χ1) is 38.2. The molecule has 0 amide bonds. The first kappa shape index (κ1) is 59.0. The molecular formula is C69H80O5S4+4. The lowest BCUT2D eigenvalue weighted by Crippen LogP contribution is -2.31. The van der Waals surface area contributed by atoms with Gasteiger partial charge in [0.1, 0.15) is 46.0 Å². The molecule has 3 aliphatic rings. The van der Waals surface area contributed by atoms with Crippen LogP contribution in [0.1, 0.15) is 113 Å². The van der Waals surface area contributed by atoms with Crippen LogP contribution in [0, 0.1) is 0 Å². The fourth-order valence-electron chi connectivity index (χ4n) is 10.1. The summed E-state index contributed by atoms with van der Waals surface area (Å²) in [5.41, 5.74) is 3.49. The highest BCUT2D eigenvalue weighted by molar-refractivity contribution is 7.98. The normalized spacial score (nSPS) is 15.0. The first-order valence-corrected chi connectivity index (χ1v) is 35.4. The number of Topliss-reactive ketones (excluding diaryl/α,β-unsaturated/α-hetero) is 4. The Morgan fingerprint density at radius 1 is 0.372 bits per heavy atom. The largest absolute Gasteiger partial charge is 0.372 e. The van der Waals surface area contributed by atoms with E-state index in [0.717, 1.165) is 80.4 Å². The second-order valence-electron chi connectivity index (χ2n) is 20.7. The van der Waals surface area contributed by atoms with E-state index in [9.17, 15) is 19.2 Å². The van der Waals surface area contributed by atoms with Crippen LogP contribution in [-0.4, -0.2) is 105 Å². The molecule has 8 aromatic rings. The number of carbonyl (C=O) groups excluding carboxylic acids is 4. The van der Waals surface area contributed by atoms with Gasteiger partial charge in [0.15, 0.2) is 23.0 Å². The van der Waals surface area contributed by atoms with Crippen LogP contribution >= 0.6 is 0 Å². The van der Waals surface area contributed by atoms with Crippen molar-refractivity contribution in [3.8, 4) is 0 Å². The van der Waals surface area contributed by atoms with Crippen LogP contribution in [0.15, 0.2) is 170 Å². The van der Waals surface area contributed by atoms with Crippen LogP contribution < -0.4 is 0 Å². The van der Waals surface area contributed by atoms with Crippen LogP contribution in [0.3, 0.4) is 0 Å². The van der Waals surface area contributed by atoms with Crippen molar-refractivity contribution < 1.29 is 23.9 Å². The molecule has 78 heavy (non-hydrogen) atoms. The topological polar surface area (TPSA) is 77.5 Å². The number of rotatable bonds is 18. The maximum Gasteiger partial charge on any atom is 0.211 e. The van der Waals surface area contributed by atoms with Gasteiger partial charge in [0, 0.05) is 33.1 Å². The Kier molecular flexibility index (Phi) is 23.9. The Bertz CT molecular complexity index is 3090. The van der Waals surface area contributed by atoms with E-state index in [1.54, 1.807) is 0 Å². The van der Waals surface area contributed by atoms with Crippen molar-refractivity contribution in [1.29, 1.82) is 0 Å². The summed E-state index contributed by atoms with van der Waals surface area (Å²) < 4.78 is 5.34. The molecule has 5 nitrogen and oxygen atoms in total. The zero-order chi connectivity index (χ0) is 54.3. The van der Waals surface area contributed by atoms with Gasteiger partial charge in [-0.15, -0.1) is 0 Å². The van der Waals surface area contributed by atoms with Crippen molar-refractivity contribution in [1.82, 2.24) is 0 Å². The summed E-state index contributed by atoms with van der Waals surface area (Å²) in [6, 6.07) is 57.1. The fraction of sp³-hybridized carbons (Fsp3) is 0.362. The van der Waals surface area contributed by atoms with Gasteiger partial charge in [-0.3, -0.25) is 19.2 Å². The zero-order valence-corrected chi connectivity index (χ0v) is 49.4. The van der Waals surface area contributed by atoms with Crippen molar-refractivity contribution >= 4 is 110 Å². The molecule has 0 aromatic heterocycles. The summed E-state index contributed by atoms with van der Waals surface area (Å²) in [6.45, 7) is 6.08. The molecule has 406 valence electrons. The molecule has 9 heteroatoms. The Balaban J connectivity index is 0.000000138. The van der Waals surface area contributed by atoms with Crippen molar-refractivity contribution in [2.24, 2.45) is 0 Å². The van der Waals surface area contributed by atoms with Gasteiger partial charge < -0.3 is 4.74 Å². The van der Waals surface area contributed by atoms with Crippen LogP contribution in [0.4, 0.5) is 0 Å². The SMILES string of the molecule is CCCC[S+](CCCC)CC(=O)c1ccc2ccccc2c1.O=C(C[S+]1CCCC1)c1ccc2ccccc2c1.O=C(C[S+]1CCCCC1)c1ccc2ccccc2c1.O=C(C[S+]1CCOCC1)c1ccc2ccccc2c1. The Morgan fingerprint density at radius 2 is 0.667 bits per heavy atom. The van der Waals surface area contributed by atoms with Gasteiger partial charge in [0.25, 0.3) is 0 Å². The van der Waals surface area contributed by atoms with E-state index in [1.807, 2.05) is 97.1 Å². The molecule has 0 bridgehead atoms. The number of fused-ring (bicyclic) bond motifs is 4. The second kappa shape index (κ2) is 31.6. The third kappa shape index (κ3) is 18.2. The highest BCUT2D eigenvalue weighted by atomic mass is 32.2. The van der Waals surface area contributed by atoms with E-state index in [4.69, 9.17) is 4.74 Å². The first-order valence-electron chi connectivity index (χ1n) is 28.4. The number of ether oxygens (including phenoxy) is 1. The molecule has 0 N–H and O–H groups in total. The Morgan fingerprint density at radius 3 is 1.00 bits per heavy atom. The van der Waals surface area contributed by atoms with Crippen molar-refractivity contribution in [2.75, 3.05) is 82.2 Å². The number of carbonyl (C=O) groups is 4. The van der Waals surface area contributed by atoms with Crippen molar-refractivity contribution in [3.63, 3.8) is 0 Å². The predicted octanol–water partition coefficient (Wildman–Crippen LogP) is 15.2. The summed E-state index contributed by atoms with van der Waals surface area (Å²) >= 11 is 0. The van der Waals surface area contributed by atoms with Gasteiger partial charge in [-0.05, 0) is 145 Å². The number of benzene rings is 8. The predicted molar refractivity (Wildman–Crippen MR) is 345 cm³/mol. The highest BCUT2D eigenvalue weighted by Gasteiger charge is 2.29. The average Bonchev–Trinajstić information content (AvgIpc) is 4.02. The van der Waals surface area contributed by atoms with Gasteiger partial charge in [-0.25, -0.2) is 0 Å². The Labute approximate surface area is 476 Å². The van der Waals surface area contributed by atoms with Crippen molar-refractivity contribution in [3.05, 3.63) is 192 Å². The minimum Gasteiger partial charge on any atom is -0.372 e. The quantitative estimate of drug-likeness (QED) is 0.0632. The Hall–Kier alpha value is -5.16. The maximum atomic E-state index is 12.6. The van der Waals surface area contributed by atoms with E-state index in [0.29, 0.717) is 44.9 Å². The lowest BCUT2D eigenvalue weighted by Gasteiger charge is -2.13. The number of ketones is 4. The molecule has 3 aliphatic heterocycles. The number of hydrogen-bond donors (Lipinski definition) is 0. The zero-order valence-electron chi connectivity index (χ0n) is 46.1. The van der Waals surface area contributed by atoms with Gasteiger partial charge in [0.2, 0.25) is 23.1 Å². The molecule has 0 spiro atoms. The minimum absolute atomic E-state index is 0.217. The smallest absolute Gasteiger partial charge is 0.211 e. The summed E-state index contributed by atoms with van der Waals surface area (Å²) in [7, 11) is 1.18. The van der Waals surface area contributed by atoms with E-state index in [1.165, 1.54) is 119 Å². The fourth-order valence-corrected chi connectivity index (χ4v) is 18.7. The van der Waals surface area contributed by atoms with Crippen LogP contribution in [0.2, 0.25) is 0 Å². The van der Waals surface area contributed by atoms with E-state index >= 15 is 0 Å². The molecule has 0 saturated carbocycles. The summed E-state index contributed by atoms with van der Waals surface area (Å²) in [6.07, 6.45) is 11.5. The van der Waals surface area contributed by atoms with Gasteiger partial charge in [-0.2, -0.15) is 0 Å². The molecule has 3 saturated heterocycles. The molecular weight excluding hydrogens is 1040 g/mol. The minimum atomic E-state index is 0.217. The summed E-state index contributed by atoms with van der Waals surface area (Å²) in [5.74, 6) is 13.8. The number of hydrogen-bond acceptors (Lipinski definition) is 5. The van der Waals surface area contributed by atoms with E-state index < -0.39 is 0 Å². The molecule has 8 aromatic carbocycles. The highest BCUT2D eigenvalue weighted by Crippen LogP contribution is 2.23. The lowest BCUT2D eigenvalue weighted by atomic mass is 10.1. The van der Waals surface area contributed by atoms with Crippen LogP contribution in [-0.2, 0) is 48.3 Å². The summed E-state index contributed by atoms with van der Waals surface area (Å²) in [4.78, 5) is 49.6. The number of unbranched alkanes of at least 4 members (excludes halogenated alkanes) is 2. The standard InChI is InChI=1S/C20H27OS.C17H19OS.C16H17O2S.C16H17OS/c1-3-5-13-22(14-6-4-2)16-20(21)19-12-11-17-9-7-8-10-18(17)15-19;18-17(13-19-10-4-1-5-11-19)16-9-8-14-6-2-3-7-15(14)12-16;17-16(12-19-9-7-18-8-10-19)15-6-5-13-3-1-2-4-14(13)11-15;17-16(12-18-9-3-4-10-18)15-8-7-13-5-1-2-6-14(13)11-15/h7-12,15H,3-6,13-14,16H2,1-2H3;2-3,6-9,12H,1,4-5,10-11,13H2;1-6,11H,7-10,12H2;1-2,5-8,11H,3-4,9-10,12H2/q4*+1. The molecule has 0 atom stereocenters. The molecule has 3 heterocycles. The van der Waals surface area contributed by atoms with E-state index in [-0.39, 0.29) is 27.6 Å². The lowest BCUT2D eigenvalue weighted by molar-refractivity contribution is 0.101. The van der Waals surface area contributed by atoms with Gasteiger partial charge in [0.05, 0.1) is 13.2 Å². The third-order valence-corrected chi connectivity index (χ3v) is 24.1. The monoisotopic (exact) mass is 1120 g/mol. The van der Waals surface area contributed by atoms with E-state index in [2.05, 4.69) is 86.6 Å². The second-order valence-corrected chi connectivity index (χ2v) is 30.0. The van der Waals surface area contributed by atoms with Crippen LogP contribution in [0.25, 0.3) is 43.1 Å². The van der Waals surface area contributed by atoms with Gasteiger partial charge >= 0.3 is 0 Å². The average molecular weight is 1120 g/mol. The maximum absolute atomic E-state index is 12.6. The molecule has 3 fully saturated rings.